The molecule has 0 saturated carbocycles. The summed E-state index contributed by atoms with van der Waals surface area (Å²) in [7, 11) is 0. The summed E-state index contributed by atoms with van der Waals surface area (Å²) in [5.41, 5.74) is 0. The average Bonchev–Trinajstić information content (AvgIpc) is 1.41. The van der Waals surface area contributed by atoms with E-state index in [4.69, 9.17) is 48.1 Å². The van der Waals surface area contributed by atoms with Crippen LogP contribution in [0.15, 0.2) is 0 Å². The van der Waals surface area contributed by atoms with E-state index >= 15 is 0 Å². The fourth-order valence-corrected chi connectivity index (χ4v) is 0. The molecule has 0 rings (SSSR count). The van der Waals surface area contributed by atoms with Gasteiger partial charge in [-0.25, -0.2) is 0 Å². The van der Waals surface area contributed by atoms with Gasteiger partial charge in [0.25, 0.3) is 0 Å². The Kier molecular flexibility index (Phi) is 24.1. The van der Waals surface area contributed by atoms with Crippen LogP contribution >= 0.6 is 0 Å². The van der Waals surface area contributed by atoms with Crippen LogP contribution in [0, 0.1) is 35.6 Å². The first-order chi connectivity index (χ1) is 6.00. The number of hydrogen-bond donors (Lipinski definition) is 0. The van der Waals surface area contributed by atoms with Crippen molar-refractivity contribution in [2.24, 2.45) is 0 Å². The van der Waals surface area contributed by atoms with Gasteiger partial charge in [-0.05, 0) is 0 Å². The zero-order valence-electron chi connectivity index (χ0n) is 6.91. The molecule has 0 heterocycles. The zero-order chi connectivity index (χ0) is 13.5. The zero-order valence-corrected chi connectivity index (χ0v) is 16.2. The van der Waals surface area contributed by atoms with E-state index in [1.807, 2.05) is 0 Å². The molecule has 0 unspecified atom stereocenters. The van der Waals surface area contributed by atoms with Crippen molar-refractivity contribution in [3.05, 3.63) is 0 Å². The van der Waals surface area contributed by atoms with Crippen LogP contribution in [0.1, 0.15) is 0 Å². The predicted octanol–water partition coefficient (Wildman–Crippen LogP) is -7.86. The van der Waals surface area contributed by atoms with Gasteiger partial charge >= 0.3 is 146 Å². The fraction of sp³-hybridized carbons (Fsp3) is 0. The van der Waals surface area contributed by atoms with E-state index in [-0.39, 0.29) is 58.0 Å². The van der Waals surface area contributed by atoms with Gasteiger partial charge in [0.1, 0.15) is 0 Å². The molecule has 107 valence electrons. The van der Waals surface area contributed by atoms with Crippen molar-refractivity contribution in [1.29, 1.82) is 0 Å². The Balaban J connectivity index is -0.0000000400. The molecule has 0 amide bonds. The summed E-state index contributed by atoms with van der Waals surface area (Å²) in [4.78, 5) is 0. The van der Waals surface area contributed by atoms with Gasteiger partial charge in [0.05, 0.1) is 0 Å². The second kappa shape index (κ2) is 13.1. The van der Waals surface area contributed by atoms with E-state index in [2.05, 4.69) is 0 Å². The van der Waals surface area contributed by atoms with Gasteiger partial charge in [0.15, 0.2) is 0 Å². The van der Waals surface area contributed by atoms with Gasteiger partial charge in [-0.2, -0.15) is 0 Å². The van der Waals surface area contributed by atoms with E-state index in [0.29, 0.717) is 0 Å². The summed E-state index contributed by atoms with van der Waals surface area (Å²) in [6.45, 7) is 0. The molecule has 0 aromatic carbocycles. The molecule has 0 aliphatic carbocycles. The summed E-state index contributed by atoms with van der Waals surface area (Å²) < 4.78 is 103. The first-order valence-corrected chi connectivity index (χ1v) is 7.63. The molecule has 0 N–H and O–H groups in total. The third-order valence-electron chi connectivity index (χ3n) is 0. The van der Waals surface area contributed by atoms with Crippen LogP contribution in [0.3, 0.4) is 0 Å². The van der Waals surface area contributed by atoms with Crippen molar-refractivity contribution in [3.8, 4) is 0 Å². The third kappa shape index (κ3) is 1100. The first-order valence-electron chi connectivity index (χ1n) is 1.85. The van der Waals surface area contributed by atoms with Gasteiger partial charge in [0.2, 0.25) is 0 Å². The molecule has 0 bridgehead atoms. The Hall–Kier alpha value is 2.05. The van der Waals surface area contributed by atoms with Crippen LogP contribution in [-0.2, 0) is 85.5 Å². The molecule has 0 aliphatic rings. The second-order valence-electron chi connectivity index (χ2n) is 1.13. The van der Waals surface area contributed by atoms with E-state index < -0.39 is 40.1 Å². The van der Waals surface area contributed by atoms with E-state index in [0.717, 1.165) is 0 Å². The predicted molar refractivity (Wildman–Crippen MR) is 4.12 cm³/mol. The molecule has 17 heavy (non-hydrogen) atoms. The van der Waals surface area contributed by atoms with Crippen molar-refractivity contribution in [3.63, 3.8) is 0 Å². The third-order valence-corrected chi connectivity index (χ3v) is 0. The Labute approximate surface area is 144 Å². The van der Waals surface area contributed by atoms with Crippen molar-refractivity contribution in [2.45, 2.75) is 0 Å². The van der Waals surface area contributed by atoms with Gasteiger partial charge in [-0.3, -0.25) is 0 Å². The van der Waals surface area contributed by atoms with Crippen LogP contribution < -0.4 is 25.1 Å². The molecule has 0 fully saturated rings. The monoisotopic (exact) mass is 693 g/mol. The molecule has 12 nitrogen and oxygen atoms in total. The second-order valence-corrected chi connectivity index (χ2v) is 4.68. The molecule has 0 aromatic heterocycles. The fourth-order valence-electron chi connectivity index (χ4n) is 0. The maximum atomic E-state index is 8.58. The van der Waals surface area contributed by atoms with E-state index in [1.54, 1.807) is 0 Å². The van der Waals surface area contributed by atoms with Crippen molar-refractivity contribution < 1.29 is 146 Å². The summed E-state index contributed by atoms with van der Waals surface area (Å²) >= 11 is -16.9. The van der Waals surface area contributed by atoms with Crippen LogP contribution in [0.2, 0.25) is 0 Å². The quantitative estimate of drug-likeness (QED) is 0.215. The van der Waals surface area contributed by atoms with Gasteiger partial charge in [-0.1, -0.05) is 0 Å². The molecule has 0 radical (unpaired) electrons. The Bertz CT molecular complexity index is 343. The van der Waals surface area contributed by atoms with Crippen LogP contribution in [0.4, 0.5) is 0 Å². The van der Waals surface area contributed by atoms with Crippen LogP contribution in [-0.4, -0.2) is 0 Å². The molecule has 0 aliphatic heterocycles. The van der Waals surface area contributed by atoms with Gasteiger partial charge in [0, 0.05) is 0 Å². The summed E-state index contributed by atoms with van der Waals surface area (Å²) in [6.07, 6.45) is 0. The molecule has 0 spiro atoms. The number of rotatable bonds is 0. The van der Waals surface area contributed by atoms with Crippen molar-refractivity contribution >= 4 is 0 Å². The average molecular weight is 693 g/mol. The van der Waals surface area contributed by atoms with Crippen LogP contribution in [0.25, 0.3) is 0 Å². The standard InChI is InChI=1S/Au.La.3Mn.12O/q2*+3;;;;;;;;;;6*-1. The molecule has 17 heteroatoms. The maximum absolute atomic E-state index is 8.58. The molecule has 0 atom stereocenters. The summed E-state index contributed by atoms with van der Waals surface area (Å²) in [5.74, 6) is 0. The molecular weight excluding hydrogens is 693 g/mol. The Morgan fingerprint density at radius 3 is 0.471 bits per heavy atom. The van der Waals surface area contributed by atoms with E-state index in [9.17, 15) is 0 Å². The minimum atomic E-state index is -5.62. The topological polar surface area (TPSA) is 241 Å². The Morgan fingerprint density at radius 2 is 0.471 bits per heavy atom. The molecule has 0 saturated heterocycles. The minimum absolute atomic E-state index is 0. The summed E-state index contributed by atoms with van der Waals surface area (Å²) in [6, 6.07) is 0. The normalized spacial score (nSPS) is 10.2. The summed E-state index contributed by atoms with van der Waals surface area (Å²) in [5, 5.41) is 0. The van der Waals surface area contributed by atoms with E-state index in [1.165, 1.54) is 0 Å². The van der Waals surface area contributed by atoms with Crippen molar-refractivity contribution in [1.82, 2.24) is 0 Å². The van der Waals surface area contributed by atoms with Crippen LogP contribution in [0.5, 0.6) is 0 Å². The molecular formula is AuLaMn3O12. The Morgan fingerprint density at radius 1 is 0.471 bits per heavy atom. The number of hydrogen-bond acceptors (Lipinski definition) is 12. The van der Waals surface area contributed by atoms with Gasteiger partial charge in [-0.15, -0.1) is 0 Å². The van der Waals surface area contributed by atoms with Crippen molar-refractivity contribution in [2.75, 3.05) is 0 Å². The SMILES string of the molecule is [Au+3].[La+3].[O]=[Mn](=[O])([O-])[O-].[O]=[Mn](=[O])([O-])[O-].[O]=[Mn](=[O])([O-])[O-]. The van der Waals surface area contributed by atoms with Gasteiger partial charge < -0.3 is 0 Å². The molecule has 0 aromatic rings. The first kappa shape index (κ1) is 31.4.